The molecule has 4 heteroatoms. The van der Waals surface area contributed by atoms with Crippen LogP contribution in [0.1, 0.15) is 77.8 Å². The minimum absolute atomic E-state index is 0.129. The fraction of sp³-hybridized carbons (Fsp3) is 0.205. The van der Waals surface area contributed by atoms with E-state index in [4.69, 9.17) is 0 Å². The van der Waals surface area contributed by atoms with Gasteiger partial charge in [0.25, 0.3) is 0 Å². The highest BCUT2D eigenvalue weighted by Gasteiger charge is 2.50. The summed E-state index contributed by atoms with van der Waals surface area (Å²) in [5.74, 6) is 0. The molecule has 0 aromatic heterocycles. The summed E-state index contributed by atoms with van der Waals surface area (Å²) >= 11 is 0. The molecule has 87 heavy (non-hydrogen) atoms. The van der Waals surface area contributed by atoms with Crippen molar-refractivity contribution in [2.75, 3.05) is 38.0 Å². The van der Waals surface area contributed by atoms with Crippen molar-refractivity contribution >= 4 is 55.7 Å². The predicted molar refractivity (Wildman–Crippen MR) is 368 cm³/mol. The van der Waals surface area contributed by atoms with Gasteiger partial charge in [-0.05, 0) is 146 Å². The van der Waals surface area contributed by atoms with Crippen molar-refractivity contribution in [2.45, 2.75) is 82.0 Å². The van der Waals surface area contributed by atoms with E-state index in [0.717, 1.165) is 25.7 Å². The normalized spacial score (nSPS) is 22.0. The maximum absolute atomic E-state index is 2.44. The molecule has 0 radical (unpaired) electrons. The molecule has 10 aromatic rings. The second-order valence-electron chi connectivity index (χ2n) is 25.7. The third-order valence-electron chi connectivity index (χ3n) is 19.9. The summed E-state index contributed by atoms with van der Waals surface area (Å²) in [4.78, 5) is 4.79. The van der Waals surface area contributed by atoms with Crippen LogP contribution in [-0.2, 0) is 47.3 Å². The van der Waals surface area contributed by atoms with Crippen molar-refractivity contribution in [1.29, 1.82) is 0 Å². The average molecular weight is 1130 g/mol. The highest BCUT2D eigenvalue weighted by molar-refractivity contribution is 6.09. The van der Waals surface area contributed by atoms with Crippen LogP contribution in [0, 0.1) is 6.92 Å². The van der Waals surface area contributed by atoms with Crippen LogP contribution in [0.5, 0.6) is 0 Å². The van der Waals surface area contributed by atoms with E-state index in [1.807, 2.05) is 0 Å². The molecule has 10 aromatic carbocycles. The average Bonchev–Trinajstić information content (AvgIpc) is 1.67. The van der Waals surface area contributed by atoms with Crippen LogP contribution in [-0.4, -0.2) is 48.8 Å². The minimum Gasteiger partial charge on any atom is -0.347 e. The summed E-state index contributed by atoms with van der Waals surface area (Å²) in [5.41, 5.74) is 22.2. The van der Waals surface area contributed by atoms with E-state index in [1.165, 1.54) is 117 Å². The van der Waals surface area contributed by atoms with Crippen LogP contribution >= 0.6 is 0 Å². The Balaban J connectivity index is 0.000000161. The fourth-order valence-electron chi connectivity index (χ4n) is 15.7. The van der Waals surface area contributed by atoms with Gasteiger partial charge in [-0.15, -0.1) is 0 Å². The van der Waals surface area contributed by atoms with Gasteiger partial charge in [0.15, 0.2) is 11.4 Å². The minimum atomic E-state index is -0.184. The number of rotatable bonds is 12. The van der Waals surface area contributed by atoms with Crippen LogP contribution in [0.4, 0.5) is 22.7 Å². The van der Waals surface area contributed by atoms with E-state index in [0.29, 0.717) is 0 Å². The standard InChI is InChI=1S/C42H41N2.C41H39N2/c1-30-23-25-36-35(27-30)41(2,28-31-15-8-6-9-16-31)38(43(36)4)21-14-22-39-42(3,29-32-17-10-7-11-18-32)40-34-20-13-12-19-33(34)24-26-37(40)44(39)5;1-40(28-30-16-7-5-8-17-30)34-22-13-14-23-36(34)42(3)37(40)24-15-25-38-41(2,29-31-18-9-6-10-19-31)35-27-26-32-20-11-12-21-33(32)39(35)43(38)4/h6-27H,28-29H2,1-5H3;5-27H,28-29H2,1-4H3/q2*+1. The maximum Gasteiger partial charge on any atom is 0.217 e. The number of hydrogen-bond donors (Lipinski definition) is 0. The third kappa shape index (κ3) is 9.99. The molecule has 0 bridgehead atoms. The number of anilines is 2. The Hall–Kier alpha value is -9.38. The molecule has 4 atom stereocenters. The molecule has 0 amide bonds. The van der Waals surface area contributed by atoms with Crippen LogP contribution < -0.4 is 9.80 Å². The molecule has 0 fully saturated rings. The Morgan fingerprint density at radius 3 is 1.37 bits per heavy atom. The summed E-state index contributed by atoms with van der Waals surface area (Å²) in [6.07, 6.45) is 17.8. The van der Waals surface area contributed by atoms with Gasteiger partial charge < -0.3 is 9.80 Å². The topological polar surface area (TPSA) is 12.5 Å². The van der Waals surface area contributed by atoms with Crippen LogP contribution in [0.2, 0.25) is 0 Å². The van der Waals surface area contributed by atoms with Gasteiger partial charge in [0.05, 0.1) is 16.2 Å². The van der Waals surface area contributed by atoms with Crippen molar-refractivity contribution in [3.8, 4) is 0 Å². The SMILES string of the molecule is CN1/C(=C/C=C/C2=[N+](C)c3c(ccc4ccccc34)C2(C)Cc2ccccc2)C(C)(Cc2ccccc2)c2ccccc21.Cc1ccc2c(c1)C(C)(Cc1ccccc1)/C(=C\C=C\C1=[N+](C)c3ccc4ccccc4c3C1(C)Cc1ccccc1)N2C. The van der Waals surface area contributed by atoms with E-state index in [2.05, 4.69) is 355 Å². The highest BCUT2D eigenvalue weighted by Crippen LogP contribution is 2.52. The van der Waals surface area contributed by atoms with Gasteiger partial charge in [0.1, 0.15) is 14.1 Å². The second-order valence-corrected chi connectivity index (χ2v) is 25.7. The zero-order valence-corrected chi connectivity index (χ0v) is 52.1. The molecule has 14 rings (SSSR count). The number of likely N-dealkylation sites (N-methyl/N-ethyl adjacent to an activating group) is 2. The third-order valence-corrected chi connectivity index (χ3v) is 19.9. The number of para-hydroxylation sites is 1. The Morgan fingerprint density at radius 2 is 0.805 bits per heavy atom. The zero-order valence-electron chi connectivity index (χ0n) is 52.1. The smallest absolute Gasteiger partial charge is 0.217 e. The van der Waals surface area contributed by atoms with Crippen molar-refractivity contribution in [1.82, 2.24) is 0 Å². The molecule has 4 nitrogen and oxygen atoms in total. The lowest BCUT2D eigenvalue weighted by molar-refractivity contribution is -0.401. The van der Waals surface area contributed by atoms with Gasteiger partial charge in [0, 0.05) is 77.0 Å². The second kappa shape index (κ2) is 22.8. The fourth-order valence-corrected chi connectivity index (χ4v) is 15.7. The molecular weight excluding hydrogens is 1050 g/mol. The molecule has 4 unspecified atom stereocenters. The first-order valence-electron chi connectivity index (χ1n) is 31.1. The van der Waals surface area contributed by atoms with Gasteiger partial charge in [0.2, 0.25) is 11.4 Å². The lowest BCUT2D eigenvalue weighted by atomic mass is 9.73. The van der Waals surface area contributed by atoms with Crippen molar-refractivity contribution in [3.63, 3.8) is 0 Å². The van der Waals surface area contributed by atoms with Crippen molar-refractivity contribution < 1.29 is 9.15 Å². The number of hydrogen-bond acceptors (Lipinski definition) is 2. The van der Waals surface area contributed by atoms with Gasteiger partial charge in [-0.1, -0.05) is 224 Å². The van der Waals surface area contributed by atoms with Gasteiger partial charge in [-0.25, -0.2) is 0 Å². The Morgan fingerprint density at radius 1 is 0.379 bits per heavy atom. The molecular formula is C83H80N4+2. The van der Waals surface area contributed by atoms with Gasteiger partial charge in [-0.3, -0.25) is 0 Å². The van der Waals surface area contributed by atoms with Crippen molar-refractivity contribution in [3.05, 3.63) is 335 Å². The largest absolute Gasteiger partial charge is 0.347 e. The summed E-state index contributed by atoms with van der Waals surface area (Å²) in [5, 5.41) is 5.23. The number of fused-ring (bicyclic) bond motifs is 8. The number of aryl methyl sites for hydroxylation is 1. The van der Waals surface area contributed by atoms with Gasteiger partial charge >= 0.3 is 0 Å². The van der Waals surface area contributed by atoms with E-state index >= 15 is 0 Å². The monoisotopic (exact) mass is 1130 g/mol. The van der Waals surface area contributed by atoms with Gasteiger partial charge in [-0.2, -0.15) is 9.15 Å². The van der Waals surface area contributed by atoms with Crippen LogP contribution in [0.25, 0.3) is 21.5 Å². The summed E-state index contributed by atoms with van der Waals surface area (Å²) in [6, 6.07) is 86.3. The molecule has 0 aliphatic carbocycles. The molecule has 4 aliphatic heterocycles. The highest BCUT2D eigenvalue weighted by atomic mass is 15.2. The first-order chi connectivity index (χ1) is 42.2. The number of benzene rings is 10. The van der Waals surface area contributed by atoms with Crippen LogP contribution in [0.15, 0.2) is 284 Å². The summed E-state index contributed by atoms with van der Waals surface area (Å²) in [6.45, 7) is 11.9. The molecule has 0 saturated carbocycles. The van der Waals surface area contributed by atoms with Crippen LogP contribution in [0.3, 0.4) is 0 Å². The maximum atomic E-state index is 2.44. The molecule has 0 spiro atoms. The quantitative estimate of drug-likeness (QED) is 0.113. The number of nitrogens with zero attached hydrogens (tertiary/aromatic N) is 4. The molecule has 4 heterocycles. The van der Waals surface area contributed by atoms with E-state index in [9.17, 15) is 0 Å². The Labute approximate surface area is 516 Å². The molecule has 430 valence electrons. The molecule has 0 N–H and O–H groups in total. The Bertz CT molecular complexity index is 4450. The zero-order chi connectivity index (χ0) is 60.1. The lowest BCUT2D eigenvalue weighted by Crippen LogP contribution is -2.33. The van der Waals surface area contributed by atoms with E-state index in [1.54, 1.807) is 0 Å². The molecule has 4 aliphatic rings. The predicted octanol–water partition coefficient (Wildman–Crippen LogP) is 18.6. The summed E-state index contributed by atoms with van der Waals surface area (Å²) in [7, 11) is 8.91. The Kier molecular flexibility index (Phi) is 14.9. The summed E-state index contributed by atoms with van der Waals surface area (Å²) < 4.78 is 4.85. The number of allylic oxidation sites excluding steroid dienone is 8. The first-order valence-corrected chi connectivity index (χ1v) is 31.1. The first kappa shape index (κ1) is 56.7. The van der Waals surface area contributed by atoms with E-state index < -0.39 is 0 Å². The van der Waals surface area contributed by atoms with E-state index in [-0.39, 0.29) is 21.7 Å². The van der Waals surface area contributed by atoms with Crippen molar-refractivity contribution in [2.24, 2.45) is 0 Å². The molecule has 0 saturated heterocycles. The lowest BCUT2D eigenvalue weighted by Gasteiger charge is -2.29.